The Bertz CT molecular complexity index is 326. The van der Waals surface area contributed by atoms with E-state index < -0.39 is 0 Å². The first-order chi connectivity index (χ1) is 8.27. The fourth-order valence-corrected chi connectivity index (χ4v) is 2.39. The number of carbonyl (C=O) groups excluding carboxylic acids is 2. The monoisotopic (exact) mass is 254 g/mol. The summed E-state index contributed by atoms with van der Waals surface area (Å²) in [6.07, 6.45) is 1.70. The van der Waals surface area contributed by atoms with Crippen LogP contribution in [-0.4, -0.2) is 46.8 Å². The lowest BCUT2D eigenvalue weighted by molar-refractivity contribution is -0.147. The van der Waals surface area contributed by atoms with Crippen LogP contribution in [0, 0.1) is 5.92 Å². The van der Waals surface area contributed by atoms with Crippen LogP contribution in [0.15, 0.2) is 0 Å². The van der Waals surface area contributed by atoms with E-state index in [1.165, 1.54) is 0 Å². The van der Waals surface area contributed by atoms with Gasteiger partial charge in [0.15, 0.2) is 0 Å². The van der Waals surface area contributed by atoms with E-state index in [0.717, 1.165) is 12.8 Å². The van der Waals surface area contributed by atoms with E-state index in [4.69, 9.17) is 0 Å². The molecule has 0 aromatic heterocycles. The molecular formula is C14H26N2O2. The SMILES string of the molecule is CC(C)C(=O)N1C(C)CCC1C(=O)N(C)C(C)C. The van der Waals surface area contributed by atoms with Crippen LogP contribution in [0.25, 0.3) is 0 Å². The molecule has 4 heteroatoms. The van der Waals surface area contributed by atoms with Gasteiger partial charge in [0.05, 0.1) is 0 Å². The fourth-order valence-electron chi connectivity index (χ4n) is 2.39. The minimum absolute atomic E-state index is 0.0507. The Morgan fingerprint density at radius 2 is 1.72 bits per heavy atom. The molecule has 4 nitrogen and oxygen atoms in total. The summed E-state index contributed by atoms with van der Waals surface area (Å²) < 4.78 is 0. The zero-order valence-corrected chi connectivity index (χ0v) is 12.4. The predicted octanol–water partition coefficient (Wildman–Crippen LogP) is 1.89. The predicted molar refractivity (Wildman–Crippen MR) is 72.1 cm³/mol. The van der Waals surface area contributed by atoms with Crippen molar-refractivity contribution >= 4 is 11.8 Å². The van der Waals surface area contributed by atoms with Gasteiger partial charge in [-0.3, -0.25) is 9.59 Å². The Labute approximate surface area is 110 Å². The first-order valence-electron chi connectivity index (χ1n) is 6.86. The highest BCUT2D eigenvalue weighted by atomic mass is 16.2. The summed E-state index contributed by atoms with van der Waals surface area (Å²) in [6.45, 7) is 9.79. The number of amides is 2. The molecule has 2 atom stereocenters. The summed E-state index contributed by atoms with van der Waals surface area (Å²) in [5.41, 5.74) is 0. The topological polar surface area (TPSA) is 40.6 Å². The lowest BCUT2D eigenvalue weighted by Gasteiger charge is -2.33. The molecule has 0 aliphatic carbocycles. The molecule has 0 aromatic carbocycles. The van der Waals surface area contributed by atoms with E-state index in [1.54, 1.807) is 9.80 Å². The Hall–Kier alpha value is -1.06. The minimum atomic E-state index is -0.262. The highest BCUT2D eigenvalue weighted by molar-refractivity contribution is 5.89. The van der Waals surface area contributed by atoms with Crippen molar-refractivity contribution < 1.29 is 9.59 Å². The lowest BCUT2D eigenvalue weighted by Crippen LogP contribution is -2.51. The van der Waals surface area contributed by atoms with Crippen LogP contribution in [0.3, 0.4) is 0 Å². The van der Waals surface area contributed by atoms with E-state index in [9.17, 15) is 9.59 Å². The first kappa shape index (κ1) is 15.0. The summed E-state index contributed by atoms with van der Waals surface area (Å²) in [7, 11) is 1.81. The van der Waals surface area contributed by atoms with Gasteiger partial charge in [-0.15, -0.1) is 0 Å². The van der Waals surface area contributed by atoms with Crippen LogP contribution in [0.4, 0.5) is 0 Å². The molecule has 1 saturated heterocycles. The molecule has 0 aromatic rings. The van der Waals surface area contributed by atoms with Crippen molar-refractivity contribution in [3.8, 4) is 0 Å². The molecule has 0 radical (unpaired) electrons. The zero-order valence-electron chi connectivity index (χ0n) is 12.4. The molecule has 1 fully saturated rings. The number of hydrogen-bond donors (Lipinski definition) is 0. The normalized spacial score (nSPS) is 23.9. The van der Waals surface area contributed by atoms with Gasteiger partial charge in [-0.1, -0.05) is 13.8 Å². The summed E-state index contributed by atoms with van der Waals surface area (Å²) in [5.74, 6) is 0.115. The third-order valence-electron chi connectivity index (χ3n) is 3.82. The number of nitrogens with zero attached hydrogens (tertiary/aromatic N) is 2. The summed E-state index contributed by atoms with van der Waals surface area (Å²) in [6, 6.07) is 0.0844. The van der Waals surface area contributed by atoms with Gasteiger partial charge in [0, 0.05) is 25.0 Å². The second-order valence-electron chi connectivity index (χ2n) is 5.89. The van der Waals surface area contributed by atoms with E-state index in [1.807, 2.05) is 41.7 Å². The van der Waals surface area contributed by atoms with Crippen LogP contribution in [0.2, 0.25) is 0 Å². The number of likely N-dealkylation sites (tertiary alicyclic amines) is 1. The Morgan fingerprint density at radius 3 is 2.17 bits per heavy atom. The molecule has 1 heterocycles. The highest BCUT2D eigenvalue weighted by Crippen LogP contribution is 2.27. The van der Waals surface area contributed by atoms with Crippen LogP contribution in [0.1, 0.15) is 47.5 Å². The molecule has 1 aliphatic heterocycles. The second-order valence-corrected chi connectivity index (χ2v) is 5.89. The van der Waals surface area contributed by atoms with Crippen molar-refractivity contribution in [1.82, 2.24) is 9.80 Å². The Kier molecular flexibility index (Phi) is 4.77. The molecule has 1 aliphatic rings. The van der Waals surface area contributed by atoms with Crippen molar-refractivity contribution in [2.75, 3.05) is 7.05 Å². The van der Waals surface area contributed by atoms with Gasteiger partial charge in [-0.05, 0) is 33.6 Å². The smallest absolute Gasteiger partial charge is 0.245 e. The number of rotatable bonds is 3. The van der Waals surface area contributed by atoms with Gasteiger partial charge < -0.3 is 9.80 Å². The van der Waals surface area contributed by atoms with Crippen molar-refractivity contribution in [2.45, 2.75) is 65.6 Å². The van der Waals surface area contributed by atoms with Crippen LogP contribution in [0.5, 0.6) is 0 Å². The summed E-state index contributed by atoms with van der Waals surface area (Å²) >= 11 is 0. The van der Waals surface area contributed by atoms with Crippen LogP contribution >= 0.6 is 0 Å². The minimum Gasteiger partial charge on any atom is -0.342 e. The average Bonchev–Trinajstić information content (AvgIpc) is 2.67. The fraction of sp³-hybridized carbons (Fsp3) is 0.857. The molecule has 0 saturated carbocycles. The van der Waals surface area contributed by atoms with Gasteiger partial charge in [-0.2, -0.15) is 0 Å². The van der Waals surface area contributed by atoms with Crippen molar-refractivity contribution in [1.29, 1.82) is 0 Å². The van der Waals surface area contributed by atoms with Gasteiger partial charge in [0.2, 0.25) is 11.8 Å². The van der Waals surface area contributed by atoms with Gasteiger partial charge in [0.25, 0.3) is 0 Å². The number of likely N-dealkylation sites (N-methyl/N-ethyl adjacent to an activating group) is 1. The van der Waals surface area contributed by atoms with Gasteiger partial charge in [-0.25, -0.2) is 0 Å². The van der Waals surface area contributed by atoms with E-state index in [-0.39, 0.29) is 35.9 Å². The lowest BCUT2D eigenvalue weighted by atomic mass is 10.1. The van der Waals surface area contributed by atoms with Gasteiger partial charge in [0.1, 0.15) is 6.04 Å². The number of carbonyl (C=O) groups is 2. The molecule has 2 unspecified atom stereocenters. The second kappa shape index (κ2) is 5.72. The molecule has 0 bridgehead atoms. The molecule has 0 N–H and O–H groups in total. The third kappa shape index (κ3) is 2.85. The van der Waals surface area contributed by atoms with E-state index in [2.05, 4.69) is 0 Å². The maximum Gasteiger partial charge on any atom is 0.245 e. The van der Waals surface area contributed by atoms with Crippen molar-refractivity contribution in [3.63, 3.8) is 0 Å². The quantitative estimate of drug-likeness (QED) is 0.771. The Balaban J connectivity index is 2.87. The van der Waals surface area contributed by atoms with Crippen LogP contribution < -0.4 is 0 Å². The summed E-state index contributed by atoms with van der Waals surface area (Å²) in [4.78, 5) is 28.2. The maximum atomic E-state index is 12.4. The molecule has 2 amide bonds. The number of hydrogen-bond acceptors (Lipinski definition) is 2. The molecule has 104 valence electrons. The van der Waals surface area contributed by atoms with E-state index >= 15 is 0 Å². The molecule has 18 heavy (non-hydrogen) atoms. The highest BCUT2D eigenvalue weighted by Gasteiger charge is 2.40. The van der Waals surface area contributed by atoms with Crippen molar-refractivity contribution in [2.24, 2.45) is 5.92 Å². The van der Waals surface area contributed by atoms with E-state index in [0.29, 0.717) is 0 Å². The standard InChI is InChI=1S/C14H26N2O2/c1-9(2)13(17)16-11(5)7-8-12(16)14(18)15(6)10(3)4/h9-12H,7-8H2,1-6H3. The van der Waals surface area contributed by atoms with Crippen molar-refractivity contribution in [3.05, 3.63) is 0 Å². The van der Waals surface area contributed by atoms with Gasteiger partial charge >= 0.3 is 0 Å². The molecule has 1 rings (SSSR count). The molecule has 0 spiro atoms. The zero-order chi connectivity index (χ0) is 14.0. The first-order valence-corrected chi connectivity index (χ1v) is 6.86. The Morgan fingerprint density at radius 1 is 1.17 bits per heavy atom. The summed E-state index contributed by atoms with van der Waals surface area (Å²) in [5, 5.41) is 0. The average molecular weight is 254 g/mol. The van der Waals surface area contributed by atoms with Crippen LogP contribution in [-0.2, 0) is 9.59 Å². The third-order valence-corrected chi connectivity index (χ3v) is 3.82. The maximum absolute atomic E-state index is 12.4. The molecular weight excluding hydrogens is 228 g/mol. The largest absolute Gasteiger partial charge is 0.342 e.